The molecule has 0 aliphatic carbocycles. The molecular formula is C23H28N2O5S. The Kier molecular flexibility index (Phi) is 5.94. The van der Waals surface area contributed by atoms with Crippen molar-refractivity contribution in [2.24, 2.45) is 5.41 Å². The number of nitrogens with zero attached hydrogens (tertiary/aromatic N) is 2. The van der Waals surface area contributed by atoms with Crippen molar-refractivity contribution in [2.45, 2.75) is 33.2 Å². The lowest BCUT2D eigenvalue weighted by Gasteiger charge is -2.38. The van der Waals surface area contributed by atoms with E-state index in [1.54, 1.807) is 11.2 Å². The van der Waals surface area contributed by atoms with Crippen LogP contribution < -0.4 is 10.2 Å². The van der Waals surface area contributed by atoms with Crippen molar-refractivity contribution < 1.29 is 17.6 Å². The summed E-state index contributed by atoms with van der Waals surface area (Å²) in [5.41, 5.74) is -0.400. The fourth-order valence-electron chi connectivity index (χ4n) is 3.92. The lowest BCUT2D eigenvalue weighted by Crippen LogP contribution is -2.44. The molecule has 1 aliphatic rings. The van der Waals surface area contributed by atoms with Crippen LogP contribution in [0.25, 0.3) is 10.8 Å². The van der Waals surface area contributed by atoms with Crippen LogP contribution in [0.15, 0.2) is 58.2 Å². The zero-order valence-corrected chi connectivity index (χ0v) is 18.7. The zero-order chi connectivity index (χ0) is 22.1. The number of hydrogen-bond donors (Lipinski definition) is 0. The Morgan fingerprint density at radius 1 is 1.13 bits per heavy atom. The van der Waals surface area contributed by atoms with Crippen LogP contribution in [-0.4, -0.2) is 42.7 Å². The van der Waals surface area contributed by atoms with Gasteiger partial charge >= 0.3 is 0 Å². The van der Waals surface area contributed by atoms with Gasteiger partial charge in [-0.2, -0.15) is 0 Å². The second kappa shape index (κ2) is 8.51. The molecule has 1 aromatic carbocycles. The van der Waals surface area contributed by atoms with E-state index in [-0.39, 0.29) is 22.3 Å². The molecule has 0 N–H and O–H groups in total. The van der Waals surface area contributed by atoms with Crippen molar-refractivity contribution >= 4 is 20.8 Å². The molecule has 31 heavy (non-hydrogen) atoms. The third kappa shape index (κ3) is 4.85. The van der Waals surface area contributed by atoms with E-state index >= 15 is 0 Å². The number of piperidine rings is 1. The molecule has 8 heteroatoms. The maximum atomic E-state index is 12.5. The second-order valence-electron chi connectivity index (χ2n) is 8.53. The lowest BCUT2D eigenvalue weighted by molar-refractivity contribution is 0.0965. The van der Waals surface area contributed by atoms with Gasteiger partial charge < -0.3 is 13.7 Å². The fraction of sp³-hybridized carbons (Fsp3) is 0.435. The Morgan fingerprint density at radius 2 is 1.77 bits per heavy atom. The monoisotopic (exact) mass is 444 g/mol. The van der Waals surface area contributed by atoms with E-state index in [4.69, 9.17) is 9.15 Å². The average molecular weight is 445 g/mol. The summed E-state index contributed by atoms with van der Waals surface area (Å²) in [6.07, 6.45) is 6.80. The number of rotatable bonds is 7. The molecule has 7 nitrogen and oxygen atoms in total. The number of sulfonamides is 1. The Balaban J connectivity index is 1.37. The second-order valence-corrected chi connectivity index (χ2v) is 10.8. The maximum Gasteiger partial charge on any atom is 0.227 e. The molecule has 0 atom stereocenters. The van der Waals surface area contributed by atoms with Gasteiger partial charge in [-0.1, -0.05) is 31.2 Å². The Hall–Kier alpha value is -2.58. The standard InChI is InChI=1S/C23H28N2O5S/c1-3-31(27,28)25-10-8-23(2,9-11-25)17-30-22-16-29-20(12-21(22)26)15-24-13-18-6-4-5-7-19(18)14-24/h4-7,12-14,16H,3,8-11,15,17H2,1-2H3. The van der Waals surface area contributed by atoms with E-state index in [9.17, 15) is 13.2 Å². The predicted molar refractivity (Wildman–Crippen MR) is 120 cm³/mol. The molecule has 2 aromatic heterocycles. The number of hydrogen-bond acceptors (Lipinski definition) is 5. The minimum Gasteiger partial charge on any atom is -0.486 e. The van der Waals surface area contributed by atoms with Gasteiger partial charge in [-0.25, -0.2) is 12.7 Å². The van der Waals surface area contributed by atoms with Crippen LogP contribution in [-0.2, 0) is 16.6 Å². The predicted octanol–water partition coefficient (Wildman–Crippen LogP) is 3.47. The molecule has 3 aromatic rings. The van der Waals surface area contributed by atoms with E-state index in [1.807, 2.05) is 41.2 Å². The minimum atomic E-state index is -3.16. The van der Waals surface area contributed by atoms with E-state index in [0.29, 0.717) is 44.8 Å². The van der Waals surface area contributed by atoms with E-state index in [0.717, 1.165) is 10.8 Å². The van der Waals surface area contributed by atoms with E-state index in [2.05, 4.69) is 6.92 Å². The molecule has 0 spiro atoms. The zero-order valence-electron chi connectivity index (χ0n) is 17.9. The molecule has 1 aliphatic heterocycles. The van der Waals surface area contributed by atoms with Crippen LogP contribution in [0.4, 0.5) is 0 Å². The quantitative estimate of drug-likeness (QED) is 0.557. The van der Waals surface area contributed by atoms with Gasteiger partial charge in [0.15, 0.2) is 0 Å². The molecule has 4 rings (SSSR count). The first-order valence-electron chi connectivity index (χ1n) is 10.5. The van der Waals surface area contributed by atoms with Crippen LogP contribution in [0, 0.1) is 5.41 Å². The van der Waals surface area contributed by atoms with Crippen molar-refractivity contribution in [3.05, 3.63) is 65.0 Å². The van der Waals surface area contributed by atoms with Crippen molar-refractivity contribution in [2.75, 3.05) is 25.4 Å². The van der Waals surface area contributed by atoms with Gasteiger partial charge in [0, 0.05) is 37.0 Å². The van der Waals surface area contributed by atoms with Crippen LogP contribution in [0.1, 0.15) is 32.4 Å². The smallest absolute Gasteiger partial charge is 0.227 e. The first-order valence-corrected chi connectivity index (χ1v) is 12.2. The molecule has 0 amide bonds. The highest BCUT2D eigenvalue weighted by Gasteiger charge is 2.35. The topological polar surface area (TPSA) is 81.8 Å². The van der Waals surface area contributed by atoms with Gasteiger partial charge in [-0.05, 0) is 30.5 Å². The van der Waals surface area contributed by atoms with Crippen molar-refractivity contribution in [3.8, 4) is 5.75 Å². The van der Waals surface area contributed by atoms with Crippen molar-refractivity contribution in [1.29, 1.82) is 0 Å². The summed E-state index contributed by atoms with van der Waals surface area (Å²) in [4.78, 5) is 12.5. The number of fused-ring (bicyclic) bond motifs is 1. The summed E-state index contributed by atoms with van der Waals surface area (Å²) in [6, 6.07) is 9.54. The number of aromatic nitrogens is 1. The molecule has 3 heterocycles. The van der Waals surface area contributed by atoms with Crippen molar-refractivity contribution in [1.82, 2.24) is 8.87 Å². The van der Waals surface area contributed by atoms with Crippen LogP contribution in [0.3, 0.4) is 0 Å². The lowest BCUT2D eigenvalue weighted by atomic mass is 9.82. The molecule has 166 valence electrons. The molecule has 1 fully saturated rings. The third-order valence-corrected chi connectivity index (χ3v) is 7.94. The van der Waals surface area contributed by atoms with Gasteiger partial charge in [0.05, 0.1) is 18.9 Å². The normalized spacial score (nSPS) is 17.1. The van der Waals surface area contributed by atoms with Gasteiger partial charge in [-0.3, -0.25) is 4.79 Å². The summed E-state index contributed by atoms with van der Waals surface area (Å²) >= 11 is 0. The first kappa shape index (κ1) is 21.6. The highest BCUT2D eigenvalue weighted by molar-refractivity contribution is 7.89. The molecule has 0 unspecified atom stereocenters. The first-order chi connectivity index (χ1) is 14.8. The third-order valence-electron chi connectivity index (χ3n) is 6.06. The number of benzene rings is 1. The van der Waals surface area contributed by atoms with Gasteiger partial charge in [0.1, 0.15) is 12.0 Å². The molecule has 0 saturated carbocycles. The summed E-state index contributed by atoms with van der Waals surface area (Å²) in [5.74, 6) is 0.861. The number of ether oxygens (including phenoxy) is 1. The van der Waals surface area contributed by atoms with Gasteiger partial charge in [0.25, 0.3) is 0 Å². The van der Waals surface area contributed by atoms with Crippen LogP contribution in [0.2, 0.25) is 0 Å². The maximum absolute atomic E-state index is 12.5. The van der Waals surface area contributed by atoms with Gasteiger partial charge in [-0.15, -0.1) is 0 Å². The summed E-state index contributed by atoms with van der Waals surface area (Å²) in [5, 5.41) is 2.27. The molecule has 0 radical (unpaired) electrons. The Labute approximate surface area is 182 Å². The van der Waals surface area contributed by atoms with Crippen LogP contribution in [0.5, 0.6) is 5.75 Å². The fourth-order valence-corrected chi connectivity index (χ4v) is 5.03. The minimum absolute atomic E-state index is 0.118. The van der Waals surface area contributed by atoms with Gasteiger partial charge in [0.2, 0.25) is 21.2 Å². The highest BCUT2D eigenvalue weighted by Crippen LogP contribution is 2.32. The highest BCUT2D eigenvalue weighted by atomic mass is 32.2. The Morgan fingerprint density at radius 3 is 2.35 bits per heavy atom. The molecular weight excluding hydrogens is 416 g/mol. The Bertz CT molecular complexity index is 1190. The SMILES string of the molecule is CCS(=O)(=O)N1CCC(C)(COc2coc(Cn3cc4ccccc4c3)cc2=O)CC1. The largest absolute Gasteiger partial charge is 0.486 e. The van der Waals surface area contributed by atoms with E-state index in [1.165, 1.54) is 12.3 Å². The summed E-state index contributed by atoms with van der Waals surface area (Å²) < 4.78 is 39.1. The van der Waals surface area contributed by atoms with Crippen molar-refractivity contribution in [3.63, 3.8) is 0 Å². The molecule has 1 saturated heterocycles. The summed E-state index contributed by atoms with van der Waals surface area (Å²) in [6.45, 7) is 5.50. The average Bonchev–Trinajstić information content (AvgIpc) is 3.16. The van der Waals surface area contributed by atoms with E-state index < -0.39 is 10.0 Å². The summed E-state index contributed by atoms with van der Waals surface area (Å²) in [7, 11) is -3.16. The van der Waals surface area contributed by atoms with Crippen LogP contribution >= 0.6 is 0 Å². The molecule has 0 bridgehead atoms.